The molecule has 0 spiro atoms. The van der Waals surface area contributed by atoms with Crippen molar-refractivity contribution in [2.24, 2.45) is 0 Å². The van der Waals surface area contributed by atoms with E-state index in [1.807, 2.05) is 35.2 Å². The van der Waals surface area contributed by atoms with Crippen molar-refractivity contribution < 1.29 is 9.59 Å². The zero-order valence-corrected chi connectivity index (χ0v) is 17.0. The maximum atomic E-state index is 12.9. The van der Waals surface area contributed by atoms with E-state index in [0.29, 0.717) is 28.7 Å². The predicted octanol–water partition coefficient (Wildman–Crippen LogP) is 4.28. The third-order valence-electron chi connectivity index (χ3n) is 4.67. The summed E-state index contributed by atoms with van der Waals surface area (Å²) in [6.07, 6.45) is 2.49. The van der Waals surface area contributed by atoms with Gasteiger partial charge in [-0.3, -0.25) is 9.59 Å². The van der Waals surface area contributed by atoms with Gasteiger partial charge in [0.15, 0.2) is 0 Å². The number of rotatable bonds is 7. The molecule has 28 heavy (non-hydrogen) atoms. The van der Waals surface area contributed by atoms with E-state index in [9.17, 15) is 9.59 Å². The lowest BCUT2D eigenvalue weighted by Crippen LogP contribution is -2.36. The molecule has 0 aromatic heterocycles. The number of carbonyl (C=O) groups is 2. The fourth-order valence-corrected chi connectivity index (χ4v) is 3.82. The molecule has 7 heteroatoms. The second kappa shape index (κ2) is 9.92. The van der Waals surface area contributed by atoms with E-state index in [-0.39, 0.29) is 11.8 Å². The van der Waals surface area contributed by atoms with Crippen LogP contribution in [0.2, 0.25) is 10.0 Å². The Hall–Kier alpha value is -2.08. The molecule has 2 aromatic carbocycles. The number of hydrogen-bond acceptors (Lipinski definition) is 3. The van der Waals surface area contributed by atoms with Gasteiger partial charge in [-0.25, -0.2) is 0 Å². The van der Waals surface area contributed by atoms with Gasteiger partial charge in [-0.05, 0) is 36.6 Å². The van der Waals surface area contributed by atoms with Crippen LogP contribution in [-0.2, 0) is 9.59 Å². The number of hydrogen-bond donors (Lipinski definition) is 2. The van der Waals surface area contributed by atoms with Crippen LogP contribution in [-0.4, -0.2) is 36.3 Å². The van der Waals surface area contributed by atoms with Gasteiger partial charge in [-0.15, -0.1) is 0 Å². The van der Waals surface area contributed by atoms with Crippen LogP contribution in [0.4, 0.5) is 5.69 Å². The van der Waals surface area contributed by atoms with Crippen LogP contribution in [0.15, 0.2) is 48.5 Å². The lowest BCUT2D eigenvalue weighted by Gasteiger charge is -2.20. The van der Waals surface area contributed by atoms with Crippen LogP contribution in [0.3, 0.4) is 0 Å². The molecule has 3 rings (SSSR count). The van der Waals surface area contributed by atoms with Gasteiger partial charge in [-0.1, -0.05) is 53.5 Å². The molecular weight excluding hydrogens is 397 g/mol. The van der Waals surface area contributed by atoms with Gasteiger partial charge in [0.1, 0.15) is 6.04 Å². The fourth-order valence-electron chi connectivity index (χ4n) is 3.30. The molecular formula is C21H23Cl2N3O2. The zero-order valence-electron chi connectivity index (χ0n) is 15.5. The van der Waals surface area contributed by atoms with Crippen molar-refractivity contribution in [1.82, 2.24) is 10.2 Å². The standard InChI is InChI=1S/C21H23Cl2N3O2/c22-16-12-17(23)14-18(13-16)25-21(28)20(15-6-2-1-3-7-15)24-9-8-19(27)26-10-4-5-11-26/h1-3,6-7,12-14,20,24H,4-5,8-11H2,(H,25,28). The quantitative estimate of drug-likeness (QED) is 0.703. The molecule has 2 aromatic rings. The van der Waals surface area contributed by atoms with Crippen LogP contribution in [0.5, 0.6) is 0 Å². The maximum Gasteiger partial charge on any atom is 0.246 e. The molecule has 2 amide bonds. The highest BCUT2D eigenvalue weighted by molar-refractivity contribution is 6.35. The Bertz CT molecular complexity index is 803. The average molecular weight is 420 g/mol. The first kappa shape index (κ1) is 20.6. The molecule has 0 saturated carbocycles. The van der Waals surface area contributed by atoms with Gasteiger partial charge in [0.25, 0.3) is 0 Å². The SMILES string of the molecule is O=C(Nc1cc(Cl)cc(Cl)c1)C(NCCC(=O)N1CCCC1)c1ccccc1. The summed E-state index contributed by atoms with van der Waals surface area (Å²) in [7, 11) is 0. The van der Waals surface area contributed by atoms with Gasteiger partial charge in [0, 0.05) is 41.8 Å². The molecule has 0 aliphatic carbocycles. The van der Waals surface area contributed by atoms with Crippen molar-refractivity contribution in [1.29, 1.82) is 0 Å². The Morgan fingerprint density at radius 1 is 1.00 bits per heavy atom. The third-order valence-corrected chi connectivity index (χ3v) is 5.11. The van der Waals surface area contributed by atoms with Gasteiger partial charge < -0.3 is 15.5 Å². The Morgan fingerprint density at radius 2 is 1.64 bits per heavy atom. The van der Waals surface area contributed by atoms with Crippen LogP contribution in [0, 0.1) is 0 Å². The highest BCUT2D eigenvalue weighted by Crippen LogP contribution is 2.24. The van der Waals surface area contributed by atoms with E-state index < -0.39 is 6.04 Å². The van der Waals surface area contributed by atoms with Crippen molar-refractivity contribution >= 4 is 40.7 Å². The molecule has 1 aliphatic heterocycles. The van der Waals surface area contributed by atoms with Crippen LogP contribution in [0.25, 0.3) is 0 Å². The minimum Gasteiger partial charge on any atom is -0.343 e. The number of amides is 2. The lowest BCUT2D eigenvalue weighted by molar-refractivity contribution is -0.130. The fraction of sp³-hybridized carbons (Fsp3) is 0.333. The number of halogens is 2. The molecule has 1 aliphatic rings. The second-order valence-corrected chi connectivity index (χ2v) is 7.66. The first-order chi connectivity index (χ1) is 13.5. The maximum absolute atomic E-state index is 12.9. The van der Waals surface area contributed by atoms with Crippen molar-refractivity contribution in [2.45, 2.75) is 25.3 Å². The highest BCUT2D eigenvalue weighted by atomic mass is 35.5. The van der Waals surface area contributed by atoms with E-state index in [2.05, 4.69) is 10.6 Å². The number of carbonyl (C=O) groups excluding carboxylic acids is 2. The number of nitrogens with zero attached hydrogens (tertiary/aromatic N) is 1. The first-order valence-electron chi connectivity index (χ1n) is 9.36. The summed E-state index contributed by atoms with van der Waals surface area (Å²) in [6.45, 7) is 2.08. The highest BCUT2D eigenvalue weighted by Gasteiger charge is 2.22. The van der Waals surface area contributed by atoms with Gasteiger partial charge >= 0.3 is 0 Å². The van der Waals surface area contributed by atoms with Crippen LogP contribution in [0.1, 0.15) is 30.9 Å². The van der Waals surface area contributed by atoms with Gasteiger partial charge in [-0.2, -0.15) is 0 Å². The summed E-state index contributed by atoms with van der Waals surface area (Å²) in [4.78, 5) is 27.0. The Labute approximate surface area is 175 Å². The molecule has 1 saturated heterocycles. The molecule has 1 unspecified atom stereocenters. The number of anilines is 1. The minimum absolute atomic E-state index is 0.124. The number of nitrogens with one attached hydrogen (secondary N) is 2. The molecule has 0 radical (unpaired) electrons. The normalized spacial score (nSPS) is 14.7. The second-order valence-electron chi connectivity index (χ2n) is 6.78. The molecule has 2 N–H and O–H groups in total. The van der Waals surface area contributed by atoms with Gasteiger partial charge in [0.2, 0.25) is 11.8 Å². The Balaban J connectivity index is 1.66. The number of likely N-dealkylation sites (tertiary alicyclic amines) is 1. The molecule has 1 fully saturated rings. The molecule has 1 heterocycles. The number of benzene rings is 2. The van der Waals surface area contributed by atoms with E-state index in [1.54, 1.807) is 18.2 Å². The zero-order chi connectivity index (χ0) is 19.9. The monoisotopic (exact) mass is 419 g/mol. The summed E-state index contributed by atoms with van der Waals surface area (Å²) in [5, 5.41) is 6.96. The van der Waals surface area contributed by atoms with Crippen LogP contribution >= 0.6 is 23.2 Å². The van der Waals surface area contributed by atoms with Crippen LogP contribution < -0.4 is 10.6 Å². The topological polar surface area (TPSA) is 61.4 Å². The Morgan fingerprint density at radius 3 is 2.29 bits per heavy atom. The molecule has 148 valence electrons. The minimum atomic E-state index is -0.592. The lowest BCUT2D eigenvalue weighted by atomic mass is 10.1. The van der Waals surface area contributed by atoms with E-state index in [4.69, 9.17) is 23.2 Å². The molecule has 1 atom stereocenters. The summed E-state index contributed by atoms with van der Waals surface area (Å²) >= 11 is 12.0. The summed E-state index contributed by atoms with van der Waals surface area (Å²) in [5.74, 6) is -0.114. The van der Waals surface area contributed by atoms with Crippen molar-refractivity contribution in [3.8, 4) is 0 Å². The molecule has 5 nitrogen and oxygen atoms in total. The van der Waals surface area contributed by atoms with E-state index in [1.165, 1.54) is 0 Å². The van der Waals surface area contributed by atoms with E-state index >= 15 is 0 Å². The van der Waals surface area contributed by atoms with Crippen molar-refractivity contribution in [2.75, 3.05) is 25.0 Å². The summed E-state index contributed by atoms with van der Waals surface area (Å²) in [6, 6.07) is 13.7. The first-order valence-corrected chi connectivity index (χ1v) is 10.1. The molecule has 0 bridgehead atoms. The summed E-state index contributed by atoms with van der Waals surface area (Å²) < 4.78 is 0. The predicted molar refractivity (Wildman–Crippen MR) is 113 cm³/mol. The van der Waals surface area contributed by atoms with Crippen molar-refractivity contribution in [3.63, 3.8) is 0 Å². The summed E-state index contributed by atoms with van der Waals surface area (Å²) in [5.41, 5.74) is 1.35. The van der Waals surface area contributed by atoms with Crippen molar-refractivity contribution in [3.05, 3.63) is 64.1 Å². The van der Waals surface area contributed by atoms with Gasteiger partial charge in [0.05, 0.1) is 0 Å². The third kappa shape index (κ3) is 5.71. The largest absolute Gasteiger partial charge is 0.343 e. The van der Waals surface area contributed by atoms with E-state index in [0.717, 1.165) is 31.5 Å². The Kier molecular flexibility index (Phi) is 7.31. The average Bonchev–Trinajstić information content (AvgIpc) is 3.19. The smallest absolute Gasteiger partial charge is 0.246 e.